The molecule has 0 aliphatic rings. The molecule has 0 bridgehead atoms. The van der Waals surface area contributed by atoms with Gasteiger partial charge in [-0.2, -0.15) is 5.10 Å². The van der Waals surface area contributed by atoms with E-state index in [1.54, 1.807) is 24.3 Å². The molecule has 0 aliphatic heterocycles. The Kier molecular flexibility index (Phi) is 9.01. The van der Waals surface area contributed by atoms with E-state index in [2.05, 4.69) is 10.5 Å². The average molecular weight is 593 g/mol. The van der Waals surface area contributed by atoms with Crippen LogP contribution in [0, 0.1) is 33.5 Å². The fraction of sp³-hybridized carbons (Fsp3) is 0.226. The number of sulfonamides is 1. The molecule has 1 N–H and O–H groups in total. The second kappa shape index (κ2) is 12.5. The Hall–Kier alpha value is -4.64. The van der Waals surface area contributed by atoms with Crippen LogP contribution in [0.5, 0.6) is 11.5 Å². The number of benzene rings is 3. The molecule has 0 unspecified atom stereocenters. The highest BCUT2D eigenvalue weighted by Crippen LogP contribution is 2.32. The number of methoxy groups -OCH3 is 2. The molecule has 0 spiro atoms. The summed E-state index contributed by atoms with van der Waals surface area (Å²) in [7, 11) is -1.33. The Morgan fingerprint density at radius 1 is 0.929 bits per heavy atom. The summed E-state index contributed by atoms with van der Waals surface area (Å²) in [5.74, 6) is -0.345. The second-order valence-corrected chi connectivity index (χ2v) is 11.7. The minimum atomic E-state index is -4.21. The van der Waals surface area contributed by atoms with Gasteiger partial charge in [0.05, 0.1) is 31.0 Å². The fourth-order valence-corrected chi connectivity index (χ4v) is 6.18. The Balaban J connectivity index is 1.61. The largest absolute Gasteiger partial charge is 0.493 e. The van der Waals surface area contributed by atoms with Gasteiger partial charge in [0.15, 0.2) is 11.5 Å². The number of hydrogen-bond donors (Lipinski definition) is 1. The van der Waals surface area contributed by atoms with E-state index < -0.39 is 22.5 Å². The molecular formula is C31H33FN4O5S. The van der Waals surface area contributed by atoms with E-state index in [0.29, 0.717) is 11.4 Å². The predicted molar refractivity (Wildman–Crippen MR) is 161 cm³/mol. The lowest BCUT2D eigenvalue weighted by atomic mass is 10.1. The number of aromatic nitrogens is 1. The maximum Gasteiger partial charge on any atom is 0.264 e. The van der Waals surface area contributed by atoms with E-state index in [0.717, 1.165) is 38.1 Å². The van der Waals surface area contributed by atoms with Crippen LogP contribution in [0.1, 0.15) is 28.1 Å². The third-order valence-electron chi connectivity index (χ3n) is 6.67. The topological polar surface area (TPSA) is 102 Å². The van der Waals surface area contributed by atoms with Crippen molar-refractivity contribution in [3.05, 3.63) is 101 Å². The Labute approximate surface area is 245 Å². The normalized spacial score (nSPS) is 11.5. The van der Waals surface area contributed by atoms with Crippen LogP contribution in [0.25, 0.3) is 5.69 Å². The molecule has 4 aromatic rings. The predicted octanol–water partition coefficient (Wildman–Crippen LogP) is 5.21. The molecule has 0 radical (unpaired) electrons. The number of anilines is 1. The van der Waals surface area contributed by atoms with Crippen molar-refractivity contribution in [3.63, 3.8) is 0 Å². The first-order chi connectivity index (χ1) is 19.9. The van der Waals surface area contributed by atoms with Gasteiger partial charge < -0.3 is 14.0 Å². The van der Waals surface area contributed by atoms with Crippen molar-refractivity contribution in [1.29, 1.82) is 0 Å². The van der Waals surface area contributed by atoms with Crippen LogP contribution in [-0.4, -0.2) is 45.9 Å². The third kappa shape index (κ3) is 6.46. The number of amides is 1. The molecule has 3 aromatic carbocycles. The number of nitrogens with zero attached hydrogens (tertiary/aromatic N) is 3. The summed E-state index contributed by atoms with van der Waals surface area (Å²) in [5, 5.41) is 4.10. The minimum absolute atomic E-state index is 0.0659. The van der Waals surface area contributed by atoms with Crippen molar-refractivity contribution in [2.45, 2.75) is 32.6 Å². The number of carbonyl (C=O) groups is 1. The first-order valence-corrected chi connectivity index (χ1v) is 14.5. The fourth-order valence-electron chi connectivity index (χ4n) is 4.76. The number of aryl methyl sites for hydroxylation is 3. The molecule has 1 amide bonds. The van der Waals surface area contributed by atoms with Gasteiger partial charge in [-0.05, 0) is 93.4 Å². The number of hydrazone groups is 1. The molecule has 9 nitrogen and oxygen atoms in total. The summed E-state index contributed by atoms with van der Waals surface area (Å²) in [6.07, 6.45) is 1.49. The van der Waals surface area contributed by atoms with Gasteiger partial charge in [0.25, 0.3) is 15.9 Å². The lowest BCUT2D eigenvalue weighted by Gasteiger charge is -2.25. The molecule has 0 fully saturated rings. The van der Waals surface area contributed by atoms with Crippen LogP contribution in [-0.2, 0) is 14.8 Å². The van der Waals surface area contributed by atoms with Crippen molar-refractivity contribution in [3.8, 4) is 17.2 Å². The van der Waals surface area contributed by atoms with E-state index >= 15 is 0 Å². The molecule has 0 saturated heterocycles. The lowest BCUT2D eigenvalue weighted by molar-refractivity contribution is -0.119. The number of rotatable bonds is 10. The van der Waals surface area contributed by atoms with E-state index in [1.807, 2.05) is 44.4 Å². The molecule has 4 rings (SSSR count). The first-order valence-electron chi connectivity index (χ1n) is 13.0. The quantitative estimate of drug-likeness (QED) is 0.201. The SMILES string of the molecule is COc1ccc(S(=O)(=O)N(CC(=O)N/N=C/c2cc(C)n(-c3ccc(F)cc3)c2C)c2cc(C)cc(C)c2)cc1OC. The highest BCUT2D eigenvalue weighted by molar-refractivity contribution is 7.92. The van der Waals surface area contributed by atoms with Gasteiger partial charge in [-0.15, -0.1) is 0 Å². The van der Waals surface area contributed by atoms with Gasteiger partial charge in [-0.1, -0.05) is 6.07 Å². The molecule has 0 saturated carbocycles. The number of carbonyl (C=O) groups excluding carboxylic acids is 1. The van der Waals surface area contributed by atoms with Crippen LogP contribution < -0.4 is 19.2 Å². The van der Waals surface area contributed by atoms with Crippen LogP contribution in [0.2, 0.25) is 0 Å². The molecule has 1 heterocycles. The van der Waals surface area contributed by atoms with Gasteiger partial charge in [-0.3, -0.25) is 9.10 Å². The van der Waals surface area contributed by atoms with Crippen molar-refractivity contribution in [2.75, 3.05) is 25.1 Å². The lowest BCUT2D eigenvalue weighted by Crippen LogP contribution is -2.39. The summed E-state index contributed by atoms with van der Waals surface area (Å²) in [5.41, 5.74) is 7.73. The van der Waals surface area contributed by atoms with Crippen LogP contribution in [0.3, 0.4) is 0 Å². The van der Waals surface area contributed by atoms with Crippen LogP contribution in [0.15, 0.2) is 76.7 Å². The van der Waals surface area contributed by atoms with Crippen molar-refractivity contribution in [2.24, 2.45) is 5.10 Å². The summed E-state index contributed by atoms with van der Waals surface area (Å²) in [6.45, 7) is 6.98. The standard InChI is InChI=1S/C31H33FN4O5S/c1-20-13-21(2)15-27(14-20)35(42(38,39)28-11-12-29(40-5)30(17-28)41-6)19-31(37)34-33-18-24-16-22(3)36(23(24)4)26-9-7-25(32)8-10-26/h7-18H,19H2,1-6H3,(H,34,37)/b33-18+. The van der Waals surface area contributed by atoms with Gasteiger partial charge in [0.1, 0.15) is 12.4 Å². The van der Waals surface area contributed by atoms with Gasteiger partial charge in [0.2, 0.25) is 0 Å². The van der Waals surface area contributed by atoms with Gasteiger partial charge in [0, 0.05) is 28.7 Å². The highest BCUT2D eigenvalue weighted by atomic mass is 32.2. The molecule has 11 heteroatoms. The van der Waals surface area contributed by atoms with Crippen molar-refractivity contribution in [1.82, 2.24) is 9.99 Å². The number of nitrogens with one attached hydrogen (secondary N) is 1. The highest BCUT2D eigenvalue weighted by Gasteiger charge is 2.29. The number of halogens is 1. The maximum absolute atomic E-state index is 13.9. The zero-order valence-electron chi connectivity index (χ0n) is 24.3. The smallest absolute Gasteiger partial charge is 0.264 e. The monoisotopic (exact) mass is 592 g/mol. The molecular weight excluding hydrogens is 559 g/mol. The van der Waals surface area contributed by atoms with Crippen molar-refractivity contribution < 1.29 is 27.1 Å². The van der Waals surface area contributed by atoms with E-state index in [-0.39, 0.29) is 16.5 Å². The van der Waals surface area contributed by atoms with E-state index in [9.17, 15) is 17.6 Å². The molecule has 0 atom stereocenters. The summed E-state index contributed by atoms with van der Waals surface area (Å²) in [6, 6.07) is 17.6. The van der Waals surface area contributed by atoms with E-state index in [1.165, 1.54) is 50.8 Å². The Bertz CT molecular complexity index is 1730. The van der Waals surface area contributed by atoms with Gasteiger partial charge in [-0.25, -0.2) is 18.2 Å². The molecule has 220 valence electrons. The van der Waals surface area contributed by atoms with E-state index in [4.69, 9.17) is 9.47 Å². The van der Waals surface area contributed by atoms with Crippen LogP contribution in [0.4, 0.5) is 10.1 Å². The number of hydrogen-bond acceptors (Lipinski definition) is 6. The minimum Gasteiger partial charge on any atom is -0.493 e. The van der Waals surface area contributed by atoms with Crippen LogP contribution >= 0.6 is 0 Å². The van der Waals surface area contributed by atoms with Crippen molar-refractivity contribution >= 4 is 27.8 Å². The first kappa shape index (κ1) is 30.3. The zero-order chi connectivity index (χ0) is 30.6. The Morgan fingerprint density at radius 3 is 2.19 bits per heavy atom. The second-order valence-electron chi connectivity index (χ2n) is 9.81. The molecule has 42 heavy (non-hydrogen) atoms. The summed E-state index contributed by atoms with van der Waals surface area (Å²) < 4.78 is 54.7. The zero-order valence-corrected chi connectivity index (χ0v) is 25.1. The van der Waals surface area contributed by atoms with Gasteiger partial charge >= 0.3 is 0 Å². The summed E-state index contributed by atoms with van der Waals surface area (Å²) in [4.78, 5) is 13.0. The maximum atomic E-state index is 13.9. The Morgan fingerprint density at radius 2 is 1.57 bits per heavy atom. The summed E-state index contributed by atoms with van der Waals surface area (Å²) >= 11 is 0. The molecule has 1 aromatic heterocycles. The average Bonchev–Trinajstić information content (AvgIpc) is 3.23. The number of ether oxygens (including phenoxy) is 2. The third-order valence-corrected chi connectivity index (χ3v) is 8.44. The molecule has 0 aliphatic carbocycles.